The van der Waals surface area contributed by atoms with Gasteiger partial charge < -0.3 is 23.8 Å². The van der Waals surface area contributed by atoms with Gasteiger partial charge in [0, 0.05) is 51.7 Å². The van der Waals surface area contributed by atoms with Crippen LogP contribution in [-0.4, -0.2) is 61.2 Å². The fraction of sp³-hybridized carbons (Fsp3) is 0.208. The highest BCUT2D eigenvalue weighted by Crippen LogP contribution is 2.31. The predicted octanol–water partition coefficient (Wildman–Crippen LogP) is 3.75. The van der Waals surface area contributed by atoms with E-state index < -0.39 is 5.97 Å². The second-order valence-corrected chi connectivity index (χ2v) is 7.34. The molecule has 0 aliphatic carbocycles. The molecule has 1 aromatic heterocycles. The largest absolute Gasteiger partial charge is 0.465 e. The first kappa shape index (κ1) is 22.6. The van der Waals surface area contributed by atoms with Crippen molar-refractivity contribution in [3.8, 4) is 17.1 Å². The van der Waals surface area contributed by atoms with Gasteiger partial charge in [-0.05, 0) is 6.07 Å². The van der Waals surface area contributed by atoms with Gasteiger partial charge in [-0.1, -0.05) is 53.7 Å². The average molecular weight is 434 g/mol. The highest BCUT2D eigenvalue weighted by Gasteiger charge is 2.21. The smallest absolute Gasteiger partial charge is 0.340 e. The van der Waals surface area contributed by atoms with Crippen LogP contribution in [0.1, 0.15) is 11.5 Å². The molecule has 0 radical (unpaired) electrons. The standard InChI is InChI=1S/C24H26N4O4/c1-27(2)15-19(24(29)30-5)18-13-9-10-14-20(18)31-21(16-28(3)4)23-25-22(26-32-23)17-11-7-6-8-12-17/h6-16H,1-5H3/b19-15+,21-16-. The third kappa shape index (κ3) is 5.54. The number of benzene rings is 2. The van der Waals surface area contributed by atoms with Crippen molar-refractivity contribution in [3.63, 3.8) is 0 Å². The molecule has 3 aromatic rings. The SMILES string of the molecule is COC(=O)/C(=C/N(C)C)c1ccccc1O/C(=C\N(C)C)c1nc(-c2ccccc2)no1. The summed E-state index contributed by atoms with van der Waals surface area (Å²) in [6.45, 7) is 0. The minimum absolute atomic E-state index is 0.212. The van der Waals surface area contributed by atoms with E-state index in [-0.39, 0.29) is 5.89 Å². The molecule has 166 valence electrons. The summed E-state index contributed by atoms with van der Waals surface area (Å²) < 4.78 is 16.7. The van der Waals surface area contributed by atoms with Gasteiger partial charge in [0.25, 0.3) is 5.89 Å². The van der Waals surface area contributed by atoms with E-state index >= 15 is 0 Å². The quantitative estimate of drug-likeness (QED) is 0.301. The second kappa shape index (κ2) is 10.3. The Morgan fingerprint density at radius 3 is 2.25 bits per heavy atom. The Kier molecular flexibility index (Phi) is 7.28. The fourth-order valence-electron chi connectivity index (χ4n) is 2.88. The molecule has 0 fully saturated rings. The normalized spacial score (nSPS) is 11.8. The number of carbonyl (C=O) groups excluding carboxylic acids is 1. The minimum Gasteiger partial charge on any atom is -0.465 e. The van der Waals surface area contributed by atoms with Crippen molar-refractivity contribution in [1.82, 2.24) is 19.9 Å². The van der Waals surface area contributed by atoms with Gasteiger partial charge in [-0.25, -0.2) is 4.79 Å². The summed E-state index contributed by atoms with van der Waals surface area (Å²) in [5, 5.41) is 4.08. The van der Waals surface area contributed by atoms with Crippen LogP contribution in [0.25, 0.3) is 22.7 Å². The minimum atomic E-state index is -0.475. The number of hydrogen-bond acceptors (Lipinski definition) is 8. The van der Waals surface area contributed by atoms with Gasteiger partial charge in [0.1, 0.15) is 5.75 Å². The van der Waals surface area contributed by atoms with Gasteiger partial charge in [0.2, 0.25) is 11.6 Å². The molecule has 8 heteroatoms. The number of para-hydroxylation sites is 1. The number of methoxy groups -OCH3 is 1. The van der Waals surface area contributed by atoms with E-state index in [2.05, 4.69) is 10.1 Å². The highest BCUT2D eigenvalue weighted by atomic mass is 16.5. The second-order valence-electron chi connectivity index (χ2n) is 7.34. The van der Waals surface area contributed by atoms with E-state index in [1.807, 2.05) is 70.7 Å². The van der Waals surface area contributed by atoms with Crippen molar-refractivity contribution in [1.29, 1.82) is 0 Å². The molecule has 3 rings (SSSR count). The zero-order chi connectivity index (χ0) is 23.1. The van der Waals surface area contributed by atoms with Crippen molar-refractivity contribution < 1.29 is 18.8 Å². The van der Waals surface area contributed by atoms with Gasteiger partial charge in [0.15, 0.2) is 0 Å². The lowest BCUT2D eigenvalue weighted by atomic mass is 10.1. The Hall–Kier alpha value is -4.07. The van der Waals surface area contributed by atoms with Crippen LogP contribution in [0.4, 0.5) is 0 Å². The Morgan fingerprint density at radius 1 is 0.938 bits per heavy atom. The lowest BCUT2D eigenvalue weighted by Crippen LogP contribution is -2.12. The molecule has 0 atom stereocenters. The van der Waals surface area contributed by atoms with Crippen LogP contribution in [0.5, 0.6) is 5.75 Å². The Labute approximate surface area is 187 Å². The molecule has 0 amide bonds. The molecule has 0 bridgehead atoms. The molecule has 0 saturated heterocycles. The van der Waals surface area contributed by atoms with Crippen LogP contribution in [0.2, 0.25) is 0 Å². The van der Waals surface area contributed by atoms with Gasteiger partial charge in [-0.2, -0.15) is 4.98 Å². The number of rotatable bonds is 8. The Bertz CT molecular complexity index is 1120. The van der Waals surface area contributed by atoms with E-state index in [1.54, 1.807) is 34.3 Å². The molecule has 2 aromatic carbocycles. The van der Waals surface area contributed by atoms with E-state index in [4.69, 9.17) is 14.0 Å². The number of ether oxygens (including phenoxy) is 2. The van der Waals surface area contributed by atoms with Crippen LogP contribution in [0.3, 0.4) is 0 Å². The summed E-state index contributed by atoms with van der Waals surface area (Å²) in [5.74, 6) is 0.968. The third-order valence-corrected chi connectivity index (χ3v) is 4.23. The first-order valence-electron chi connectivity index (χ1n) is 9.90. The molecular formula is C24H26N4O4. The maximum atomic E-state index is 12.5. The number of esters is 1. The van der Waals surface area contributed by atoms with Crippen LogP contribution >= 0.6 is 0 Å². The van der Waals surface area contributed by atoms with Crippen LogP contribution in [0, 0.1) is 0 Å². The first-order valence-corrected chi connectivity index (χ1v) is 9.90. The Balaban J connectivity index is 2.02. The number of carbonyl (C=O) groups is 1. The monoisotopic (exact) mass is 434 g/mol. The molecule has 0 aliphatic rings. The van der Waals surface area contributed by atoms with E-state index in [1.165, 1.54) is 7.11 Å². The summed E-state index contributed by atoms with van der Waals surface area (Å²) in [5.41, 5.74) is 1.75. The first-order chi connectivity index (χ1) is 15.4. The van der Waals surface area contributed by atoms with Crippen LogP contribution < -0.4 is 4.74 Å². The fourth-order valence-corrected chi connectivity index (χ4v) is 2.88. The maximum absolute atomic E-state index is 12.5. The summed E-state index contributed by atoms with van der Waals surface area (Å²) in [4.78, 5) is 20.5. The van der Waals surface area contributed by atoms with Crippen LogP contribution in [-0.2, 0) is 9.53 Å². The molecule has 0 spiro atoms. The van der Waals surface area contributed by atoms with Gasteiger partial charge >= 0.3 is 5.97 Å². The average Bonchev–Trinajstić information content (AvgIpc) is 3.27. The summed E-state index contributed by atoms with van der Waals surface area (Å²) >= 11 is 0. The van der Waals surface area contributed by atoms with Crippen molar-refractivity contribution >= 4 is 17.3 Å². The molecule has 8 nitrogen and oxygen atoms in total. The molecule has 1 heterocycles. The van der Waals surface area contributed by atoms with Crippen molar-refractivity contribution in [2.24, 2.45) is 0 Å². The lowest BCUT2D eigenvalue weighted by molar-refractivity contribution is -0.133. The zero-order valence-corrected chi connectivity index (χ0v) is 18.8. The number of aromatic nitrogens is 2. The third-order valence-electron chi connectivity index (χ3n) is 4.23. The summed E-state index contributed by atoms with van der Waals surface area (Å²) in [7, 11) is 8.71. The highest BCUT2D eigenvalue weighted by molar-refractivity contribution is 6.17. The summed E-state index contributed by atoms with van der Waals surface area (Å²) in [6.07, 6.45) is 3.41. The molecule has 32 heavy (non-hydrogen) atoms. The van der Waals surface area contributed by atoms with Gasteiger partial charge in [-0.3, -0.25) is 0 Å². The van der Waals surface area contributed by atoms with Crippen molar-refractivity contribution in [2.45, 2.75) is 0 Å². The molecule has 0 aliphatic heterocycles. The maximum Gasteiger partial charge on any atom is 0.340 e. The zero-order valence-electron chi connectivity index (χ0n) is 18.8. The predicted molar refractivity (Wildman–Crippen MR) is 122 cm³/mol. The number of hydrogen-bond donors (Lipinski definition) is 0. The molecular weight excluding hydrogens is 408 g/mol. The van der Waals surface area contributed by atoms with Crippen molar-refractivity contribution in [3.05, 3.63) is 78.5 Å². The molecule has 0 N–H and O–H groups in total. The van der Waals surface area contributed by atoms with Crippen molar-refractivity contribution in [2.75, 3.05) is 35.3 Å². The van der Waals surface area contributed by atoms with E-state index in [0.717, 1.165) is 5.56 Å². The van der Waals surface area contributed by atoms with Crippen LogP contribution in [0.15, 0.2) is 71.5 Å². The summed E-state index contributed by atoms with van der Waals surface area (Å²) in [6, 6.07) is 16.7. The topological polar surface area (TPSA) is 80.9 Å². The number of nitrogens with zero attached hydrogens (tertiary/aromatic N) is 4. The molecule has 0 saturated carbocycles. The lowest BCUT2D eigenvalue weighted by Gasteiger charge is -2.16. The van der Waals surface area contributed by atoms with E-state index in [0.29, 0.717) is 28.5 Å². The Morgan fingerprint density at radius 2 is 1.59 bits per heavy atom. The van der Waals surface area contributed by atoms with E-state index in [9.17, 15) is 4.79 Å². The van der Waals surface area contributed by atoms with Gasteiger partial charge in [-0.15, -0.1) is 0 Å². The molecule has 0 unspecified atom stereocenters. The van der Waals surface area contributed by atoms with Gasteiger partial charge in [0.05, 0.1) is 12.7 Å².